The topological polar surface area (TPSA) is 27.8 Å². The highest BCUT2D eigenvalue weighted by Gasteiger charge is 2.15. The molecule has 0 radical (unpaired) electrons. The van der Waals surface area contributed by atoms with E-state index in [1.165, 1.54) is 24.8 Å². The molecule has 3 rings (SSSR count). The molecule has 2 nitrogen and oxygen atoms in total. The first kappa shape index (κ1) is 11.1. The van der Waals surface area contributed by atoms with Gasteiger partial charge in [-0.1, -0.05) is 24.1 Å². The Bertz CT molecular complexity index is 512. The van der Waals surface area contributed by atoms with Crippen molar-refractivity contribution in [2.75, 3.05) is 6.54 Å². The van der Waals surface area contributed by atoms with Gasteiger partial charge in [0.1, 0.15) is 0 Å². The lowest BCUT2D eigenvalue weighted by atomic mass is 9.97. The Kier molecular flexibility index (Phi) is 3.08. The van der Waals surface area contributed by atoms with Crippen LogP contribution in [-0.2, 0) is 6.42 Å². The minimum atomic E-state index is 0.595. The van der Waals surface area contributed by atoms with Crippen LogP contribution in [0.3, 0.4) is 0 Å². The van der Waals surface area contributed by atoms with Gasteiger partial charge in [0.2, 0.25) is 0 Å². The average molecular weight is 249 g/mol. The number of aromatic amines is 1. The van der Waals surface area contributed by atoms with Gasteiger partial charge in [-0.25, -0.2) is 0 Å². The van der Waals surface area contributed by atoms with E-state index in [0.29, 0.717) is 6.04 Å². The van der Waals surface area contributed by atoms with E-state index in [4.69, 9.17) is 11.6 Å². The Hall–Kier alpha value is -0.990. The van der Waals surface area contributed by atoms with Crippen molar-refractivity contribution in [3.8, 4) is 0 Å². The van der Waals surface area contributed by atoms with Gasteiger partial charge in [0, 0.05) is 23.1 Å². The number of hydrogen-bond acceptors (Lipinski definition) is 1. The van der Waals surface area contributed by atoms with E-state index in [1.54, 1.807) is 0 Å². The summed E-state index contributed by atoms with van der Waals surface area (Å²) in [7, 11) is 0. The van der Waals surface area contributed by atoms with E-state index >= 15 is 0 Å². The summed E-state index contributed by atoms with van der Waals surface area (Å²) < 4.78 is 0. The summed E-state index contributed by atoms with van der Waals surface area (Å²) in [5, 5.41) is 5.62. The smallest absolute Gasteiger partial charge is 0.0532 e. The summed E-state index contributed by atoms with van der Waals surface area (Å²) in [5.41, 5.74) is 2.38. The molecular weight excluding hydrogens is 232 g/mol. The summed E-state index contributed by atoms with van der Waals surface area (Å²) in [5.74, 6) is 0. The van der Waals surface area contributed by atoms with Gasteiger partial charge in [0.05, 0.1) is 5.02 Å². The van der Waals surface area contributed by atoms with Crippen LogP contribution in [0.15, 0.2) is 24.4 Å². The first-order valence-electron chi connectivity index (χ1n) is 6.32. The van der Waals surface area contributed by atoms with Crippen molar-refractivity contribution >= 4 is 22.5 Å². The second-order valence-electron chi connectivity index (χ2n) is 4.83. The fourth-order valence-corrected chi connectivity index (χ4v) is 2.97. The Labute approximate surface area is 106 Å². The minimum absolute atomic E-state index is 0.595. The van der Waals surface area contributed by atoms with E-state index < -0.39 is 0 Å². The van der Waals surface area contributed by atoms with Crippen LogP contribution in [0.4, 0.5) is 0 Å². The Balaban J connectivity index is 1.86. The minimum Gasteiger partial charge on any atom is -0.361 e. The summed E-state index contributed by atoms with van der Waals surface area (Å²) >= 11 is 6.45. The Morgan fingerprint density at radius 1 is 1.24 bits per heavy atom. The molecule has 1 aromatic carbocycles. The van der Waals surface area contributed by atoms with Gasteiger partial charge in [-0.3, -0.25) is 0 Å². The molecule has 2 aromatic rings. The van der Waals surface area contributed by atoms with Crippen molar-refractivity contribution in [1.29, 1.82) is 0 Å². The van der Waals surface area contributed by atoms with Gasteiger partial charge in [-0.2, -0.15) is 0 Å². The molecule has 0 spiro atoms. The van der Waals surface area contributed by atoms with Crippen LogP contribution >= 0.6 is 11.6 Å². The molecule has 0 saturated carbocycles. The lowest BCUT2D eigenvalue weighted by Crippen LogP contribution is -2.35. The number of halogens is 1. The molecule has 1 fully saturated rings. The SMILES string of the molecule is Clc1c(CC2CCCCN2)ccc2[nH]ccc12. The zero-order valence-electron chi connectivity index (χ0n) is 9.80. The number of aromatic nitrogens is 1. The number of H-pyrrole nitrogens is 1. The molecule has 1 atom stereocenters. The van der Waals surface area contributed by atoms with Gasteiger partial charge in [0.25, 0.3) is 0 Å². The first-order chi connectivity index (χ1) is 8.34. The van der Waals surface area contributed by atoms with Crippen LogP contribution in [0.1, 0.15) is 24.8 Å². The van der Waals surface area contributed by atoms with Gasteiger partial charge >= 0.3 is 0 Å². The van der Waals surface area contributed by atoms with E-state index in [1.807, 2.05) is 6.20 Å². The molecule has 1 aromatic heterocycles. The van der Waals surface area contributed by atoms with Crippen LogP contribution in [0.25, 0.3) is 10.9 Å². The van der Waals surface area contributed by atoms with Crippen LogP contribution in [-0.4, -0.2) is 17.6 Å². The molecular formula is C14H17ClN2. The van der Waals surface area contributed by atoms with E-state index in [-0.39, 0.29) is 0 Å². The van der Waals surface area contributed by atoms with Crippen LogP contribution in [0, 0.1) is 0 Å². The highest BCUT2D eigenvalue weighted by molar-refractivity contribution is 6.36. The molecule has 1 aliphatic heterocycles. The third kappa shape index (κ3) is 2.20. The average Bonchev–Trinajstić information content (AvgIpc) is 2.83. The normalized spacial score (nSPS) is 20.9. The number of fused-ring (bicyclic) bond motifs is 1. The van der Waals surface area contributed by atoms with Crippen molar-refractivity contribution in [1.82, 2.24) is 10.3 Å². The molecule has 2 heterocycles. The maximum atomic E-state index is 6.45. The van der Waals surface area contributed by atoms with E-state index in [9.17, 15) is 0 Å². The van der Waals surface area contributed by atoms with Crippen LogP contribution in [0.5, 0.6) is 0 Å². The second kappa shape index (κ2) is 4.71. The van der Waals surface area contributed by atoms with Crippen molar-refractivity contribution in [2.45, 2.75) is 31.7 Å². The van der Waals surface area contributed by atoms with E-state index in [0.717, 1.165) is 28.9 Å². The summed E-state index contributed by atoms with van der Waals surface area (Å²) in [6, 6.07) is 6.92. The standard InChI is InChI=1S/C14H17ClN2/c15-14-10(9-11-3-1-2-7-16-11)4-5-13-12(14)6-8-17-13/h4-6,8,11,16-17H,1-3,7,9H2. The third-order valence-electron chi connectivity index (χ3n) is 3.63. The molecule has 3 heteroatoms. The molecule has 1 aliphatic rings. The van der Waals surface area contributed by atoms with Gasteiger partial charge in [-0.05, 0) is 43.5 Å². The highest BCUT2D eigenvalue weighted by Crippen LogP contribution is 2.28. The third-order valence-corrected chi connectivity index (χ3v) is 4.07. The summed E-state index contributed by atoms with van der Waals surface area (Å²) in [6.45, 7) is 1.15. The molecule has 2 N–H and O–H groups in total. The fourth-order valence-electron chi connectivity index (χ4n) is 2.66. The van der Waals surface area contributed by atoms with Gasteiger partial charge in [-0.15, -0.1) is 0 Å². The number of benzene rings is 1. The molecule has 17 heavy (non-hydrogen) atoms. The maximum absolute atomic E-state index is 6.45. The molecule has 0 aliphatic carbocycles. The van der Waals surface area contributed by atoms with Gasteiger partial charge < -0.3 is 10.3 Å². The van der Waals surface area contributed by atoms with Crippen molar-refractivity contribution in [3.63, 3.8) is 0 Å². The second-order valence-corrected chi connectivity index (χ2v) is 5.21. The monoisotopic (exact) mass is 248 g/mol. The molecule has 1 saturated heterocycles. The lowest BCUT2D eigenvalue weighted by molar-refractivity contribution is 0.399. The van der Waals surface area contributed by atoms with Crippen LogP contribution in [0.2, 0.25) is 5.02 Å². The zero-order chi connectivity index (χ0) is 11.7. The summed E-state index contributed by atoms with van der Waals surface area (Å²) in [6.07, 6.45) is 6.89. The van der Waals surface area contributed by atoms with Crippen molar-refractivity contribution in [3.05, 3.63) is 35.0 Å². The largest absolute Gasteiger partial charge is 0.361 e. The predicted molar refractivity (Wildman–Crippen MR) is 72.7 cm³/mol. The molecule has 0 bridgehead atoms. The first-order valence-corrected chi connectivity index (χ1v) is 6.70. The number of nitrogens with one attached hydrogen (secondary N) is 2. The quantitative estimate of drug-likeness (QED) is 0.837. The lowest BCUT2D eigenvalue weighted by Gasteiger charge is -2.23. The zero-order valence-corrected chi connectivity index (χ0v) is 10.6. The van der Waals surface area contributed by atoms with Crippen LogP contribution < -0.4 is 5.32 Å². The number of hydrogen-bond donors (Lipinski definition) is 2. The Morgan fingerprint density at radius 3 is 3.00 bits per heavy atom. The molecule has 90 valence electrons. The molecule has 1 unspecified atom stereocenters. The molecule has 0 amide bonds. The highest BCUT2D eigenvalue weighted by atomic mass is 35.5. The predicted octanol–water partition coefficient (Wildman–Crippen LogP) is 3.51. The fraction of sp³-hybridized carbons (Fsp3) is 0.429. The van der Waals surface area contributed by atoms with Gasteiger partial charge in [0.15, 0.2) is 0 Å². The van der Waals surface area contributed by atoms with E-state index in [2.05, 4.69) is 28.5 Å². The summed E-state index contributed by atoms with van der Waals surface area (Å²) in [4.78, 5) is 3.19. The number of rotatable bonds is 2. The maximum Gasteiger partial charge on any atom is 0.0532 e. The van der Waals surface area contributed by atoms with Crippen molar-refractivity contribution in [2.24, 2.45) is 0 Å². The number of piperidine rings is 1. The Morgan fingerprint density at radius 2 is 2.18 bits per heavy atom. The van der Waals surface area contributed by atoms with Crippen molar-refractivity contribution < 1.29 is 0 Å².